The maximum Gasteiger partial charge on any atom is 0.260 e. The summed E-state index contributed by atoms with van der Waals surface area (Å²) in [5.74, 6) is -0.145. The molecular weight excluding hydrogens is 276 g/mol. The Bertz CT molecular complexity index is 676. The van der Waals surface area contributed by atoms with Crippen molar-refractivity contribution in [1.82, 2.24) is 0 Å². The third-order valence-electron chi connectivity index (χ3n) is 3.97. The summed E-state index contributed by atoms with van der Waals surface area (Å²) in [4.78, 5) is 29.2. The second-order valence-corrected chi connectivity index (χ2v) is 5.13. The molecule has 0 aromatic heterocycles. The number of amides is 2. The molecule has 2 amide bonds. The number of benzene rings is 2. The van der Waals surface area contributed by atoms with Gasteiger partial charge in [-0.2, -0.15) is 0 Å². The fraction of sp³-hybridized carbons (Fsp3) is 0.222. The van der Waals surface area contributed by atoms with Gasteiger partial charge in [-0.25, -0.2) is 0 Å². The maximum atomic E-state index is 12.9. The minimum absolute atomic E-state index is 0.0727. The van der Waals surface area contributed by atoms with E-state index in [-0.39, 0.29) is 11.8 Å². The Morgan fingerprint density at radius 3 is 1.41 bits per heavy atom. The van der Waals surface area contributed by atoms with Crippen molar-refractivity contribution >= 4 is 23.2 Å². The molecule has 1 heterocycles. The lowest BCUT2D eigenvalue weighted by Crippen LogP contribution is -2.40. The van der Waals surface area contributed by atoms with Crippen molar-refractivity contribution in [2.24, 2.45) is 0 Å². The fourth-order valence-electron chi connectivity index (χ4n) is 2.92. The average Bonchev–Trinajstić information content (AvgIpc) is 2.56. The lowest BCUT2D eigenvalue weighted by molar-refractivity contribution is 0.0976. The Morgan fingerprint density at radius 1 is 0.682 bits per heavy atom. The normalized spacial score (nSPS) is 14.3. The van der Waals surface area contributed by atoms with Crippen LogP contribution in [0.3, 0.4) is 0 Å². The molecule has 2 aromatic rings. The Labute approximate surface area is 130 Å². The molecule has 0 spiro atoms. The van der Waals surface area contributed by atoms with Gasteiger partial charge in [-0.05, 0) is 38.1 Å². The molecule has 0 aliphatic carbocycles. The number of carbonyl (C=O) groups excluding carboxylic acids is 2. The molecule has 0 bridgehead atoms. The second kappa shape index (κ2) is 5.64. The second-order valence-electron chi connectivity index (χ2n) is 5.13. The number of hydrogen-bond acceptors (Lipinski definition) is 2. The minimum atomic E-state index is -0.0727. The molecule has 4 nitrogen and oxygen atoms in total. The van der Waals surface area contributed by atoms with E-state index in [2.05, 4.69) is 0 Å². The largest absolute Gasteiger partial charge is 0.308 e. The van der Waals surface area contributed by atoms with Gasteiger partial charge in [-0.3, -0.25) is 9.59 Å². The SMILES string of the molecule is CCN1C(=O)c2ccccc2N(CC)C(=O)c2ccccc21. The predicted molar refractivity (Wildman–Crippen MR) is 87.6 cm³/mol. The van der Waals surface area contributed by atoms with Crippen LogP contribution in [0.2, 0.25) is 0 Å². The van der Waals surface area contributed by atoms with E-state index in [1.54, 1.807) is 21.9 Å². The first-order valence-corrected chi connectivity index (χ1v) is 7.50. The van der Waals surface area contributed by atoms with Gasteiger partial charge in [-0.15, -0.1) is 0 Å². The van der Waals surface area contributed by atoms with E-state index >= 15 is 0 Å². The van der Waals surface area contributed by atoms with Crippen molar-refractivity contribution in [3.63, 3.8) is 0 Å². The summed E-state index contributed by atoms with van der Waals surface area (Å²) < 4.78 is 0. The van der Waals surface area contributed by atoms with Crippen molar-refractivity contribution in [2.75, 3.05) is 22.9 Å². The third kappa shape index (κ3) is 2.08. The molecule has 22 heavy (non-hydrogen) atoms. The van der Waals surface area contributed by atoms with Crippen LogP contribution in [0.4, 0.5) is 11.4 Å². The van der Waals surface area contributed by atoms with Gasteiger partial charge in [0.2, 0.25) is 0 Å². The molecule has 0 fully saturated rings. The van der Waals surface area contributed by atoms with Crippen LogP contribution in [-0.2, 0) is 0 Å². The zero-order valence-corrected chi connectivity index (χ0v) is 12.7. The highest BCUT2D eigenvalue weighted by Gasteiger charge is 2.30. The quantitative estimate of drug-likeness (QED) is 0.852. The number of nitrogens with zero attached hydrogens (tertiary/aromatic N) is 2. The van der Waals surface area contributed by atoms with Gasteiger partial charge < -0.3 is 9.80 Å². The zero-order chi connectivity index (χ0) is 15.7. The van der Waals surface area contributed by atoms with Crippen molar-refractivity contribution in [3.8, 4) is 0 Å². The first-order chi connectivity index (χ1) is 10.7. The molecule has 0 unspecified atom stereocenters. The number of para-hydroxylation sites is 2. The van der Waals surface area contributed by atoms with Crippen LogP contribution in [0, 0.1) is 0 Å². The molecule has 0 saturated carbocycles. The molecule has 2 aromatic carbocycles. The highest BCUT2D eigenvalue weighted by atomic mass is 16.2. The van der Waals surface area contributed by atoms with E-state index in [0.29, 0.717) is 35.6 Å². The molecule has 4 heteroatoms. The van der Waals surface area contributed by atoms with Gasteiger partial charge in [0.1, 0.15) is 0 Å². The van der Waals surface area contributed by atoms with E-state index in [0.717, 1.165) is 0 Å². The minimum Gasteiger partial charge on any atom is -0.308 e. The molecule has 1 aliphatic rings. The molecule has 0 atom stereocenters. The lowest BCUT2D eigenvalue weighted by atomic mass is 10.0. The Kier molecular flexibility index (Phi) is 3.67. The van der Waals surface area contributed by atoms with Crippen LogP contribution in [-0.4, -0.2) is 24.9 Å². The number of fused-ring (bicyclic) bond motifs is 2. The molecular formula is C18H18N2O2. The van der Waals surface area contributed by atoms with Crippen LogP contribution in [0.15, 0.2) is 48.5 Å². The van der Waals surface area contributed by atoms with E-state index in [1.165, 1.54) is 0 Å². The van der Waals surface area contributed by atoms with Crippen molar-refractivity contribution in [1.29, 1.82) is 0 Å². The Morgan fingerprint density at radius 2 is 1.05 bits per heavy atom. The van der Waals surface area contributed by atoms with Crippen molar-refractivity contribution in [2.45, 2.75) is 13.8 Å². The number of anilines is 2. The fourth-order valence-corrected chi connectivity index (χ4v) is 2.92. The average molecular weight is 294 g/mol. The van der Waals surface area contributed by atoms with Crippen LogP contribution in [0.1, 0.15) is 34.6 Å². The maximum absolute atomic E-state index is 12.9. The highest BCUT2D eigenvalue weighted by Crippen LogP contribution is 2.32. The molecule has 0 radical (unpaired) electrons. The van der Waals surface area contributed by atoms with Gasteiger partial charge in [0.05, 0.1) is 22.5 Å². The van der Waals surface area contributed by atoms with E-state index < -0.39 is 0 Å². The highest BCUT2D eigenvalue weighted by molar-refractivity contribution is 6.20. The lowest BCUT2D eigenvalue weighted by Gasteiger charge is -2.32. The van der Waals surface area contributed by atoms with E-state index in [1.807, 2.05) is 50.2 Å². The number of carbonyl (C=O) groups is 2. The summed E-state index contributed by atoms with van der Waals surface area (Å²) in [5.41, 5.74) is 2.48. The zero-order valence-electron chi connectivity index (χ0n) is 12.7. The van der Waals surface area contributed by atoms with Crippen LogP contribution < -0.4 is 9.80 Å². The van der Waals surface area contributed by atoms with E-state index in [4.69, 9.17) is 0 Å². The predicted octanol–water partition coefficient (Wildman–Crippen LogP) is 3.33. The summed E-state index contributed by atoms with van der Waals surface area (Å²) in [6.07, 6.45) is 0. The Hall–Kier alpha value is -2.62. The van der Waals surface area contributed by atoms with Gasteiger partial charge >= 0.3 is 0 Å². The summed E-state index contributed by atoms with van der Waals surface area (Å²) in [5, 5.41) is 0. The van der Waals surface area contributed by atoms with Crippen LogP contribution >= 0.6 is 0 Å². The third-order valence-corrected chi connectivity index (χ3v) is 3.97. The molecule has 3 rings (SSSR count). The summed E-state index contributed by atoms with van der Waals surface area (Å²) in [6.45, 7) is 4.87. The van der Waals surface area contributed by atoms with Crippen molar-refractivity contribution < 1.29 is 9.59 Å². The summed E-state index contributed by atoms with van der Waals surface area (Å²) in [6, 6.07) is 14.6. The molecule has 0 saturated heterocycles. The van der Waals surface area contributed by atoms with Gasteiger partial charge in [0.25, 0.3) is 11.8 Å². The first-order valence-electron chi connectivity index (χ1n) is 7.50. The summed E-state index contributed by atoms with van der Waals surface area (Å²) in [7, 11) is 0. The monoisotopic (exact) mass is 294 g/mol. The molecule has 112 valence electrons. The van der Waals surface area contributed by atoms with Gasteiger partial charge in [0, 0.05) is 13.1 Å². The van der Waals surface area contributed by atoms with Gasteiger partial charge in [-0.1, -0.05) is 24.3 Å². The summed E-state index contributed by atoms with van der Waals surface area (Å²) >= 11 is 0. The van der Waals surface area contributed by atoms with Crippen LogP contribution in [0.5, 0.6) is 0 Å². The number of hydrogen-bond donors (Lipinski definition) is 0. The van der Waals surface area contributed by atoms with E-state index in [9.17, 15) is 9.59 Å². The topological polar surface area (TPSA) is 40.6 Å². The van der Waals surface area contributed by atoms with Gasteiger partial charge in [0.15, 0.2) is 0 Å². The Balaban J connectivity index is 2.29. The molecule has 0 N–H and O–H groups in total. The first kappa shape index (κ1) is 14.3. The standard InChI is InChI=1S/C18H18N2O2/c1-3-19-15-11-7-5-9-13(15)18(22)20(4-2)16-12-8-6-10-14(16)17(19)21/h5-12H,3-4H2,1-2H3. The smallest absolute Gasteiger partial charge is 0.260 e. The number of rotatable bonds is 2. The van der Waals surface area contributed by atoms with Crippen molar-refractivity contribution in [3.05, 3.63) is 59.7 Å². The van der Waals surface area contributed by atoms with Crippen LogP contribution in [0.25, 0.3) is 0 Å². The molecule has 1 aliphatic heterocycles.